The van der Waals surface area contributed by atoms with Crippen molar-refractivity contribution in [2.75, 3.05) is 4.90 Å². The van der Waals surface area contributed by atoms with Crippen molar-refractivity contribution >= 4 is 72.3 Å². The van der Waals surface area contributed by atoms with Gasteiger partial charge in [-0.05, 0) is 170 Å². The van der Waals surface area contributed by atoms with Crippen LogP contribution in [0, 0.1) is 11.3 Å². The van der Waals surface area contributed by atoms with Gasteiger partial charge in [0.1, 0.15) is 0 Å². The molecule has 0 radical (unpaired) electrons. The third-order valence-corrected chi connectivity index (χ3v) is 14.8. The summed E-state index contributed by atoms with van der Waals surface area (Å²) in [6.07, 6.45) is 4.40. The number of anilines is 3. The van der Waals surface area contributed by atoms with Crippen LogP contribution in [0.5, 0.6) is 0 Å². The second-order valence-corrected chi connectivity index (χ2v) is 20.4. The Hall–Kier alpha value is -8.51. The summed E-state index contributed by atoms with van der Waals surface area (Å²) < 4.78 is 0. The molecule has 1 aliphatic rings. The van der Waals surface area contributed by atoms with E-state index in [1.54, 1.807) is 0 Å². The maximum atomic E-state index is 9.60. The van der Waals surface area contributed by atoms with Crippen LogP contribution in [0.15, 0.2) is 212 Å². The topological polar surface area (TPSA) is 27.0 Å². The second-order valence-electron chi connectivity index (χ2n) is 20.4. The standard InChI is InChI=1S/C68H52N2/c1-67(2,3)62-39-38-61(53-14-6-7-15-54(53)62)66-59-19-10-8-17-57(59)65(58-18-9-11-20-60(58)66)49-31-30-47-40-45(24-29-48(47)41-49)23-22-44-25-32-50(33-26-44)70(51-34-27-46(43-69)28-35-51)52-36-37-56-55-16-12-13-21-63(55)68(4,5)64(56)42-52/h6-42H,1-5H3/b23-22+. The van der Waals surface area contributed by atoms with Crippen LogP contribution in [0.25, 0.3) is 88.6 Å². The first-order chi connectivity index (χ1) is 34.0. The largest absolute Gasteiger partial charge is 0.310 e. The minimum absolute atomic E-state index is 0.0290. The minimum atomic E-state index is -0.120. The van der Waals surface area contributed by atoms with Crippen LogP contribution in [0.1, 0.15) is 68.0 Å². The smallest absolute Gasteiger partial charge is 0.0991 e. The Labute approximate surface area is 411 Å². The first-order valence-electron chi connectivity index (χ1n) is 24.4. The van der Waals surface area contributed by atoms with E-state index in [0.29, 0.717) is 5.56 Å². The zero-order chi connectivity index (χ0) is 47.7. The number of hydrogen-bond acceptors (Lipinski definition) is 2. The predicted octanol–water partition coefficient (Wildman–Crippen LogP) is 18.7. The van der Waals surface area contributed by atoms with Gasteiger partial charge in [0, 0.05) is 22.5 Å². The Morgan fingerprint density at radius 3 is 1.61 bits per heavy atom. The lowest BCUT2D eigenvalue weighted by Gasteiger charge is -2.28. The summed E-state index contributed by atoms with van der Waals surface area (Å²) in [7, 11) is 0. The zero-order valence-electron chi connectivity index (χ0n) is 40.3. The van der Waals surface area contributed by atoms with Gasteiger partial charge in [0.25, 0.3) is 0 Å². The van der Waals surface area contributed by atoms with Gasteiger partial charge in [-0.1, -0.05) is 198 Å². The average molecular weight is 897 g/mol. The second kappa shape index (κ2) is 16.6. The van der Waals surface area contributed by atoms with Crippen LogP contribution >= 0.6 is 0 Å². The molecule has 334 valence electrons. The Kier molecular flexibility index (Phi) is 10.2. The summed E-state index contributed by atoms with van der Waals surface area (Å²) in [5, 5.41) is 19.7. The first kappa shape index (κ1) is 42.8. The van der Waals surface area contributed by atoms with Crippen molar-refractivity contribution in [3.05, 3.63) is 246 Å². The summed E-state index contributed by atoms with van der Waals surface area (Å²) in [6, 6.07) is 79.8. The van der Waals surface area contributed by atoms with Crippen LogP contribution in [-0.4, -0.2) is 0 Å². The van der Waals surface area contributed by atoms with Crippen molar-refractivity contribution in [2.24, 2.45) is 0 Å². The van der Waals surface area contributed by atoms with Gasteiger partial charge in [-0.3, -0.25) is 0 Å². The van der Waals surface area contributed by atoms with Gasteiger partial charge in [-0.25, -0.2) is 0 Å². The predicted molar refractivity (Wildman–Crippen MR) is 298 cm³/mol. The highest BCUT2D eigenvalue weighted by Gasteiger charge is 2.36. The average Bonchev–Trinajstić information content (AvgIpc) is 3.62. The fourth-order valence-electron chi connectivity index (χ4n) is 11.3. The van der Waals surface area contributed by atoms with Crippen LogP contribution in [0.2, 0.25) is 0 Å². The molecule has 0 aliphatic heterocycles. The summed E-state index contributed by atoms with van der Waals surface area (Å²) in [6.45, 7) is 11.6. The summed E-state index contributed by atoms with van der Waals surface area (Å²) >= 11 is 0. The monoisotopic (exact) mass is 896 g/mol. The van der Waals surface area contributed by atoms with Crippen molar-refractivity contribution in [2.45, 2.75) is 45.4 Å². The minimum Gasteiger partial charge on any atom is -0.310 e. The Bertz CT molecular complexity index is 3890. The molecule has 0 spiro atoms. The molecule has 0 aromatic heterocycles. The van der Waals surface area contributed by atoms with E-state index in [0.717, 1.165) is 28.2 Å². The third-order valence-electron chi connectivity index (χ3n) is 14.8. The van der Waals surface area contributed by atoms with E-state index in [2.05, 4.69) is 246 Å². The zero-order valence-corrected chi connectivity index (χ0v) is 40.3. The summed E-state index contributed by atoms with van der Waals surface area (Å²) in [5.41, 5.74) is 17.6. The molecule has 0 saturated heterocycles. The highest BCUT2D eigenvalue weighted by atomic mass is 15.1. The normalized spacial score (nSPS) is 13.0. The number of nitrogens with zero attached hydrogens (tertiary/aromatic N) is 2. The Morgan fingerprint density at radius 1 is 0.429 bits per heavy atom. The number of nitriles is 1. The molecule has 0 N–H and O–H groups in total. The van der Waals surface area contributed by atoms with E-state index in [1.807, 2.05) is 24.3 Å². The van der Waals surface area contributed by atoms with Gasteiger partial charge in [0.2, 0.25) is 0 Å². The van der Waals surface area contributed by atoms with Crippen LogP contribution in [0.4, 0.5) is 17.1 Å². The van der Waals surface area contributed by atoms with Crippen LogP contribution < -0.4 is 4.90 Å². The molecule has 0 saturated carbocycles. The molecule has 0 bridgehead atoms. The van der Waals surface area contributed by atoms with Crippen molar-refractivity contribution in [3.8, 4) is 39.4 Å². The van der Waals surface area contributed by atoms with E-state index in [9.17, 15) is 5.26 Å². The highest BCUT2D eigenvalue weighted by molar-refractivity contribution is 6.24. The van der Waals surface area contributed by atoms with Gasteiger partial charge in [-0.15, -0.1) is 0 Å². The lowest BCUT2D eigenvalue weighted by Crippen LogP contribution is -2.16. The van der Waals surface area contributed by atoms with Crippen LogP contribution in [-0.2, 0) is 10.8 Å². The van der Waals surface area contributed by atoms with Gasteiger partial charge in [0.15, 0.2) is 0 Å². The van der Waals surface area contributed by atoms with Crippen molar-refractivity contribution < 1.29 is 0 Å². The summed E-state index contributed by atoms with van der Waals surface area (Å²) in [4.78, 5) is 2.29. The molecule has 2 nitrogen and oxygen atoms in total. The molecule has 0 amide bonds. The number of benzene rings is 11. The van der Waals surface area contributed by atoms with E-state index in [4.69, 9.17) is 0 Å². The molecule has 11 aromatic rings. The molecular formula is C68H52N2. The molecule has 0 heterocycles. The lowest BCUT2D eigenvalue weighted by molar-refractivity contribution is 0.596. The Morgan fingerprint density at radius 2 is 0.943 bits per heavy atom. The van der Waals surface area contributed by atoms with Crippen molar-refractivity contribution in [1.29, 1.82) is 5.26 Å². The van der Waals surface area contributed by atoms with Gasteiger partial charge < -0.3 is 4.90 Å². The number of hydrogen-bond donors (Lipinski definition) is 0. The third kappa shape index (κ3) is 7.17. The van der Waals surface area contributed by atoms with E-state index < -0.39 is 0 Å². The fraction of sp³-hybridized carbons (Fsp3) is 0.103. The highest BCUT2D eigenvalue weighted by Crippen LogP contribution is 2.51. The van der Waals surface area contributed by atoms with Gasteiger partial charge in [-0.2, -0.15) is 5.26 Å². The van der Waals surface area contributed by atoms with Gasteiger partial charge >= 0.3 is 0 Å². The maximum absolute atomic E-state index is 9.60. The first-order valence-corrected chi connectivity index (χ1v) is 24.4. The Balaban J connectivity index is 0.868. The molecular weight excluding hydrogens is 845 g/mol. The molecule has 12 rings (SSSR count). The molecule has 11 aromatic carbocycles. The van der Waals surface area contributed by atoms with E-state index in [1.165, 1.54) is 93.2 Å². The lowest BCUT2D eigenvalue weighted by atomic mass is 9.80. The molecule has 1 aliphatic carbocycles. The molecule has 2 heteroatoms. The van der Waals surface area contributed by atoms with Crippen LogP contribution in [0.3, 0.4) is 0 Å². The quantitative estimate of drug-likeness (QED) is 0.118. The molecule has 0 unspecified atom stereocenters. The molecule has 0 atom stereocenters. The van der Waals surface area contributed by atoms with E-state index >= 15 is 0 Å². The summed E-state index contributed by atoms with van der Waals surface area (Å²) in [5.74, 6) is 0. The van der Waals surface area contributed by atoms with Crippen molar-refractivity contribution in [3.63, 3.8) is 0 Å². The molecule has 70 heavy (non-hydrogen) atoms. The maximum Gasteiger partial charge on any atom is 0.0991 e. The SMILES string of the molecule is CC(C)(C)c1ccc(-c2c3ccccc3c(-c3ccc4cc(/C=C/c5ccc(N(c6ccc(C#N)cc6)c6ccc7c(c6)C(C)(C)c6ccccc6-7)cc5)ccc4c3)c3ccccc23)c2ccccc12. The van der Waals surface area contributed by atoms with E-state index in [-0.39, 0.29) is 10.8 Å². The number of rotatable bonds is 7. The molecule has 0 fully saturated rings. The van der Waals surface area contributed by atoms with Crippen molar-refractivity contribution in [1.82, 2.24) is 0 Å². The fourth-order valence-corrected chi connectivity index (χ4v) is 11.3. The number of fused-ring (bicyclic) bond motifs is 7. The van der Waals surface area contributed by atoms with Gasteiger partial charge in [0.05, 0.1) is 11.6 Å².